The zero-order valence-electron chi connectivity index (χ0n) is 13.7. The second-order valence-corrected chi connectivity index (χ2v) is 7.26. The lowest BCUT2D eigenvalue weighted by Crippen LogP contribution is -2.13. The van der Waals surface area contributed by atoms with Gasteiger partial charge in [0.25, 0.3) is 10.0 Å². The Labute approximate surface area is 149 Å². The molecule has 0 saturated carbocycles. The number of nitrogens with one attached hydrogen (secondary N) is 2. The van der Waals surface area contributed by atoms with E-state index in [9.17, 15) is 17.2 Å². The van der Waals surface area contributed by atoms with Gasteiger partial charge in [-0.15, -0.1) is 0 Å². The van der Waals surface area contributed by atoms with E-state index in [1.165, 1.54) is 43.5 Å². The Bertz CT molecular complexity index is 1020. The molecular weight excluding hydrogens is 360 g/mol. The molecule has 0 radical (unpaired) electrons. The van der Waals surface area contributed by atoms with Crippen LogP contribution in [-0.4, -0.2) is 13.4 Å². The van der Waals surface area contributed by atoms with Crippen molar-refractivity contribution in [3.63, 3.8) is 0 Å². The Morgan fingerprint density at radius 2 is 1.62 bits per heavy atom. The largest absolute Gasteiger partial charge is 0.340 e. The molecule has 0 bridgehead atoms. The predicted molar refractivity (Wildman–Crippen MR) is 95.9 cm³/mol. The summed E-state index contributed by atoms with van der Waals surface area (Å²) in [5, 5.41) is 2.97. The van der Waals surface area contributed by atoms with Crippen LogP contribution in [0.4, 0.5) is 26.0 Å². The fourth-order valence-corrected chi connectivity index (χ4v) is 3.34. The van der Waals surface area contributed by atoms with Crippen molar-refractivity contribution in [2.75, 3.05) is 10.0 Å². The highest BCUT2D eigenvalue weighted by Gasteiger charge is 2.15. The summed E-state index contributed by atoms with van der Waals surface area (Å²) in [6.45, 7) is 1.49. The molecule has 2 N–H and O–H groups in total. The van der Waals surface area contributed by atoms with Crippen LogP contribution < -0.4 is 10.0 Å². The minimum atomic E-state index is -3.85. The number of hydrogen-bond donors (Lipinski definition) is 2. The number of pyridine rings is 1. The summed E-state index contributed by atoms with van der Waals surface area (Å²) in [7, 11) is -3.85. The molecule has 0 aliphatic rings. The molecule has 8 heteroatoms. The van der Waals surface area contributed by atoms with E-state index in [2.05, 4.69) is 15.0 Å². The van der Waals surface area contributed by atoms with Crippen LogP contribution in [0, 0.1) is 18.6 Å². The summed E-state index contributed by atoms with van der Waals surface area (Å²) in [5.74, 6) is -0.344. The monoisotopic (exact) mass is 375 g/mol. The lowest BCUT2D eigenvalue weighted by atomic mass is 10.2. The molecule has 0 spiro atoms. The topological polar surface area (TPSA) is 71.1 Å². The molecule has 26 heavy (non-hydrogen) atoms. The Kier molecular flexibility index (Phi) is 4.85. The third-order valence-corrected chi connectivity index (χ3v) is 4.95. The first kappa shape index (κ1) is 17.8. The van der Waals surface area contributed by atoms with Crippen LogP contribution in [0.15, 0.2) is 65.7 Å². The van der Waals surface area contributed by atoms with E-state index in [1.807, 2.05) is 0 Å². The first-order valence-electron chi connectivity index (χ1n) is 7.61. The highest BCUT2D eigenvalue weighted by Crippen LogP contribution is 2.20. The van der Waals surface area contributed by atoms with Gasteiger partial charge in [-0.1, -0.05) is 0 Å². The maximum Gasteiger partial charge on any atom is 0.261 e. The van der Waals surface area contributed by atoms with Crippen molar-refractivity contribution in [2.45, 2.75) is 11.8 Å². The standard InChI is InChI=1S/C18H15F2N3O2S/c1-12-10-16(7-8-17(12)20)26(24,25)23-15-6-9-18(21-11-15)22-14-4-2-13(19)3-5-14/h2-11,23H,1H3,(H,21,22). The summed E-state index contributed by atoms with van der Waals surface area (Å²) in [5.41, 5.74) is 1.15. The predicted octanol–water partition coefficient (Wildman–Crippen LogP) is 4.21. The van der Waals surface area contributed by atoms with Crippen LogP contribution in [0.3, 0.4) is 0 Å². The van der Waals surface area contributed by atoms with Gasteiger partial charge >= 0.3 is 0 Å². The van der Waals surface area contributed by atoms with Gasteiger partial charge in [0.05, 0.1) is 16.8 Å². The molecule has 5 nitrogen and oxygen atoms in total. The average Bonchev–Trinajstić information content (AvgIpc) is 2.61. The van der Waals surface area contributed by atoms with Crippen LogP contribution in [0.5, 0.6) is 0 Å². The van der Waals surface area contributed by atoms with Crippen molar-refractivity contribution < 1.29 is 17.2 Å². The van der Waals surface area contributed by atoms with Crippen LogP contribution >= 0.6 is 0 Å². The smallest absolute Gasteiger partial charge is 0.261 e. The molecule has 3 rings (SSSR count). The number of benzene rings is 2. The van der Waals surface area contributed by atoms with Crippen molar-refractivity contribution in [1.82, 2.24) is 4.98 Å². The molecule has 0 fully saturated rings. The molecule has 0 aliphatic heterocycles. The van der Waals surface area contributed by atoms with Crippen molar-refractivity contribution >= 4 is 27.2 Å². The van der Waals surface area contributed by atoms with E-state index in [-0.39, 0.29) is 22.0 Å². The van der Waals surface area contributed by atoms with Gasteiger partial charge in [-0.05, 0) is 67.1 Å². The molecular formula is C18H15F2N3O2S. The van der Waals surface area contributed by atoms with E-state index in [1.54, 1.807) is 18.2 Å². The van der Waals surface area contributed by atoms with Crippen molar-refractivity contribution in [2.24, 2.45) is 0 Å². The number of sulfonamides is 1. The van der Waals surface area contributed by atoms with Crippen molar-refractivity contribution in [3.8, 4) is 0 Å². The Hall–Kier alpha value is -3.00. The number of aromatic nitrogens is 1. The van der Waals surface area contributed by atoms with E-state index in [4.69, 9.17) is 0 Å². The lowest BCUT2D eigenvalue weighted by molar-refractivity contribution is 0.598. The quantitative estimate of drug-likeness (QED) is 0.701. The molecule has 0 unspecified atom stereocenters. The van der Waals surface area contributed by atoms with E-state index in [0.717, 1.165) is 6.07 Å². The van der Waals surface area contributed by atoms with Gasteiger partial charge in [0.2, 0.25) is 0 Å². The lowest BCUT2D eigenvalue weighted by Gasteiger charge is -2.10. The molecule has 0 aliphatic carbocycles. The Morgan fingerprint density at radius 1 is 0.923 bits per heavy atom. The van der Waals surface area contributed by atoms with Crippen LogP contribution in [0.2, 0.25) is 0 Å². The van der Waals surface area contributed by atoms with Crippen molar-refractivity contribution in [3.05, 3.63) is 78.0 Å². The molecule has 3 aromatic rings. The first-order valence-corrected chi connectivity index (χ1v) is 9.09. The number of halogens is 2. The van der Waals surface area contributed by atoms with Gasteiger partial charge in [-0.2, -0.15) is 0 Å². The number of anilines is 3. The van der Waals surface area contributed by atoms with E-state index in [0.29, 0.717) is 11.5 Å². The number of aryl methyl sites for hydroxylation is 1. The summed E-state index contributed by atoms with van der Waals surface area (Å²) < 4.78 is 53.3. The third kappa shape index (κ3) is 4.15. The highest BCUT2D eigenvalue weighted by molar-refractivity contribution is 7.92. The molecule has 0 saturated heterocycles. The van der Waals surface area contributed by atoms with Gasteiger partial charge < -0.3 is 5.32 Å². The normalized spacial score (nSPS) is 11.2. The second-order valence-electron chi connectivity index (χ2n) is 5.58. The summed E-state index contributed by atoms with van der Waals surface area (Å²) in [6.07, 6.45) is 1.35. The van der Waals surface area contributed by atoms with Gasteiger partial charge in [0.1, 0.15) is 17.5 Å². The second kappa shape index (κ2) is 7.09. The first-order chi connectivity index (χ1) is 12.3. The van der Waals surface area contributed by atoms with Gasteiger partial charge in [0.15, 0.2) is 0 Å². The van der Waals surface area contributed by atoms with Crippen LogP contribution in [0.25, 0.3) is 0 Å². The minimum Gasteiger partial charge on any atom is -0.340 e. The molecule has 1 heterocycles. The van der Waals surface area contributed by atoms with Gasteiger partial charge in [-0.25, -0.2) is 22.2 Å². The molecule has 1 aromatic heterocycles. The zero-order valence-corrected chi connectivity index (χ0v) is 14.5. The fourth-order valence-electron chi connectivity index (χ4n) is 2.21. The summed E-state index contributed by atoms with van der Waals surface area (Å²) in [6, 6.07) is 12.4. The SMILES string of the molecule is Cc1cc(S(=O)(=O)Nc2ccc(Nc3ccc(F)cc3)nc2)ccc1F. The van der Waals surface area contributed by atoms with Crippen LogP contribution in [-0.2, 0) is 10.0 Å². The average molecular weight is 375 g/mol. The molecule has 0 amide bonds. The maximum absolute atomic E-state index is 13.3. The summed E-state index contributed by atoms with van der Waals surface area (Å²) in [4.78, 5) is 4.08. The summed E-state index contributed by atoms with van der Waals surface area (Å²) >= 11 is 0. The maximum atomic E-state index is 13.3. The number of nitrogens with zero attached hydrogens (tertiary/aromatic N) is 1. The van der Waals surface area contributed by atoms with Gasteiger partial charge in [-0.3, -0.25) is 4.72 Å². The zero-order chi connectivity index (χ0) is 18.7. The fraction of sp³-hybridized carbons (Fsp3) is 0.0556. The van der Waals surface area contributed by atoms with E-state index >= 15 is 0 Å². The minimum absolute atomic E-state index is 0.0371. The number of rotatable bonds is 5. The Morgan fingerprint density at radius 3 is 2.23 bits per heavy atom. The Balaban J connectivity index is 1.73. The van der Waals surface area contributed by atoms with Crippen LogP contribution in [0.1, 0.15) is 5.56 Å². The highest BCUT2D eigenvalue weighted by atomic mass is 32.2. The van der Waals surface area contributed by atoms with Gasteiger partial charge in [0, 0.05) is 5.69 Å². The van der Waals surface area contributed by atoms with Crippen molar-refractivity contribution in [1.29, 1.82) is 0 Å². The molecule has 0 atom stereocenters. The number of hydrogen-bond acceptors (Lipinski definition) is 4. The molecule has 134 valence electrons. The third-order valence-electron chi connectivity index (χ3n) is 3.57. The van der Waals surface area contributed by atoms with E-state index < -0.39 is 15.8 Å². The molecule has 2 aromatic carbocycles.